The van der Waals surface area contributed by atoms with Gasteiger partial charge in [-0.3, -0.25) is 4.79 Å². The van der Waals surface area contributed by atoms with Crippen LogP contribution in [0.5, 0.6) is 0 Å². The molecular formula is C8H16N2O2S. The first-order chi connectivity index (χ1) is 5.87. The lowest BCUT2D eigenvalue weighted by atomic mass is 10.1. The van der Waals surface area contributed by atoms with Gasteiger partial charge in [0.2, 0.25) is 5.91 Å². The Morgan fingerprint density at radius 1 is 1.62 bits per heavy atom. The Morgan fingerprint density at radius 2 is 2.15 bits per heavy atom. The molecule has 0 fully saturated rings. The smallest absolute Gasteiger partial charge is 0.227 e. The average Bonchev–Trinajstić information content (AvgIpc) is 1.81. The molecule has 0 saturated heterocycles. The molecule has 0 aliphatic carbocycles. The molecule has 4 nitrogen and oxygen atoms in total. The maximum Gasteiger partial charge on any atom is 0.227 e. The third kappa shape index (κ3) is 6.48. The number of nitrogens with two attached hydrogens (primary N) is 1. The summed E-state index contributed by atoms with van der Waals surface area (Å²) >= 11 is 4.61. The van der Waals surface area contributed by atoms with Gasteiger partial charge in [0, 0.05) is 7.11 Å². The lowest BCUT2D eigenvalue weighted by molar-refractivity contribution is -0.122. The van der Waals surface area contributed by atoms with Gasteiger partial charge in [-0.1, -0.05) is 12.2 Å². The highest BCUT2D eigenvalue weighted by atomic mass is 32.1. The molecule has 13 heavy (non-hydrogen) atoms. The first-order valence-corrected chi connectivity index (χ1v) is 4.36. The Bertz CT molecular complexity index is 204. The molecule has 0 bridgehead atoms. The quantitative estimate of drug-likeness (QED) is 0.628. The second kappa shape index (κ2) is 5.14. The van der Waals surface area contributed by atoms with E-state index >= 15 is 0 Å². The van der Waals surface area contributed by atoms with E-state index in [1.165, 1.54) is 0 Å². The largest absolute Gasteiger partial charge is 0.393 e. The zero-order valence-corrected chi connectivity index (χ0v) is 9.03. The van der Waals surface area contributed by atoms with Crippen LogP contribution in [0, 0.1) is 0 Å². The van der Waals surface area contributed by atoms with Crippen LogP contribution in [-0.4, -0.2) is 30.2 Å². The molecule has 0 heterocycles. The number of amides is 1. The third-order valence-corrected chi connectivity index (χ3v) is 1.46. The molecule has 3 N–H and O–H groups in total. The van der Waals surface area contributed by atoms with Crippen LogP contribution >= 0.6 is 12.2 Å². The van der Waals surface area contributed by atoms with Gasteiger partial charge in [0.1, 0.15) is 0 Å². The second-order valence-electron chi connectivity index (χ2n) is 3.51. The van der Waals surface area contributed by atoms with E-state index in [0.29, 0.717) is 6.61 Å². The van der Waals surface area contributed by atoms with Gasteiger partial charge in [0.25, 0.3) is 0 Å². The van der Waals surface area contributed by atoms with E-state index < -0.39 is 0 Å². The highest BCUT2D eigenvalue weighted by Crippen LogP contribution is 2.02. The van der Waals surface area contributed by atoms with Gasteiger partial charge in [0.15, 0.2) is 0 Å². The van der Waals surface area contributed by atoms with E-state index in [-0.39, 0.29) is 22.9 Å². The topological polar surface area (TPSA) is 64.3 Å². The van der Waals surface area contributed by atoms with Gasteiger partial charge >= 0.3 is 0 Å². The predicted octanol–water partition coefficient (Wildman–Crippen LogP) is 0.204. The number of rotatable bonds is 5. The van der Waals surface area contributed by atoms with Crippen molar-refractivity contribution in [3.8, 4) is 0 Å². The van der Waals surface area contributed by atoms with E-state index in [2.05, 4.69) is 17.5 Å². The summed E-state index contributed by atoms with van der Waals surface area (Å²) in [5.74, 6) is -0.172. The first kappa shape index (κ1) is 12.3. The minimum atomic E-state index is -0.378. The van der Waals surface area contributed by atoms with E-state index in [1.54, 1.807) is 7.11 Å². The second-order valence-corrected chi connectivity index (χ2v) is 4.03. The summed E-state index contributed by atoms with van der Waals surface area (Å²) in [6.45, 7) is 4.19. The van der Waals surface area contributed by atoms with Crippen molar-refractivity contribution in [2.24, 2.45) is 5.73 Å². The maximum absolute atomic E-state index is 11.2. The minimum absolute atomic E-state index is 0.0858. The number of hydrogen-bond acceptors (Lipinski definition) is 3. The van der Waals surface area contributed by atoms with Crippen LogP contribution in [0.3, 0.4) is 0 Å². The lowest BCUT2D eigenvalue weighted by Crippen LogP contribution is -2.47. The van der Waals surface area contributed by atoms with Crippen LogP contribution in [-0.2, 0) is 9.53 Å². The molecule has 1 amide bonds. The van der Waals surface area contributed by atoms with Gasteiger partial charge < -0.3 is 15.8 Å². The Labute approximate surface area is 83.8 Å². The van der Waals surface area contributed by atoms with Crippen molar-refractivity contribution in [3.05, 3.63) is 0 Å². The van der Waals surface area contributed by atoms with Crippen molar-refractivity contribution >= 4 is 23.1 Å². The van der Waals surface area contributed by atoms with E-state index in [9.17, 15) is 4.79 Å². The summed E-state index contributed by atoms with van der Waals surface area (Å²) in [4.78, 5) is 11.4. The molecule has 0 aliphatic rings. The fraction of sp³-hybridized carbons (Fsp3) is 0.750. The zero-order valence-electron chi connectivity index (χ0n) is 8.22. The highest BCUT2D eigenvalue weighted by Gasteiger charge is 2.19. The van der Waals surface area contributed by atoms with Crippen LogP contribution < -0.4 is 11.1 Å². The molecule has 0 radical (unpaired) electrons. The standard InChI is InChI=1S/C8H16N2O2S/c1-8(2,5-12-3)10-7(11)4-6(9)13/h4-5H2,1-3H3,(H2,9,13)(H,10,11). The zero-order chi connectivity index (χ0) is 10.5. The Morgan fingerprint density at radius 3 is 2.54 bits per heavy atom. The Hall–Kier alpha value is -0.680. The van der Waals surface area contributed by atoms with E-state index in [0.717, 1.165) is 0 Å². The number of carbonyl (C=O) groups is 1. The number of methoxy groups -OCH3 is 1. The molecule has 0 unspecified atom stereocenters. The summed E-state index contributed by atoms with van der Waals surface area (Å²) in [5.41, 5.74) is 4.85. The monoisotopic (exact) mass is 204 g/mol. The van der Waals surface area contributed by atoms with Gasteiger partial charge in [0.05, 0.1) is 23.6 Å². The molecule has 0 aromatic carbocycles. The van der Waals surface area contributed by atoms with Crippen molar-refractivity contribution in [1.82, 2.24) is 5.32 Å². The third-order valence-electron chi connectivity index (χ3n) is 1.32. The van der Waals surface area contributed by atoms with Crippen molar-refractivity contribution in [1.29, 1.82) is 0 Å². The number of hydrogen-bond donors (Lipinski definition) is 2. The van der Waals surface area contributed by atoms with Gasteiger partial charge in [-0.25, -0.2) is 0 Å². The van der Waals surface area contributed by atoms with E-state index in [1.807, 2.05) is 13.8 Å². The SMILES string of the molecule is COCC(C)(C)NC(=O)CC(N)=S. The molecule has 0 rings (SSSR count). The van der Waals surface area contributed by atoms with Crippen LogP contribution in [0.4, 0.5) is 0 Å². The summed E-state index contributed by atoms with van der Waals surface area (Å²) in [7, 11) is 1.58. The van der Waals surface area contributed by atoms with Crippen LogP contribution in [0.15, 0.2) is 0 Å². The normalized spacial score (nSPS) is 11.0. The molecule has 0 atom stereocenters. The van der Waals surface area contributed by atoms with Gasteiger partial charge in [-0.15, -0.1) is 0 Å². The van der Waals surface area contributed by atoms with Gasteiger partial charge in [-0.05, 0) is 13.8 Å². The van der Waals surface area contributed by atoms with Crippen molar-refractivity contribution < 1.29 is 9.53 Å². The molecule has 0 aliphatic heterocycles. The molecule has 76 valence electrons. The predicted molar refractivity (Wildman–Crippen MR) is 55.5 cm³/mol. The fourth-order valence-electron chi connectivity index (χ4n) is 0.977. The molecule has 0 saturated carbocycles. The number of nitrogens with one attached hydrogen (secondary N) is 1. The summed E-state index contributed by atoms with van der Waals surface area (Å²) in [5, 5.41) is 2.76. The summed E-state index contributed by atoms with van der Waals surface area (Å²) in [6, 6.07) is 0. The summed E-state index contributed by atoms with van der Waals surface area (Å²) in [6.07, 6.45) is 0.0858. The van der Waals surface area contributed by atoms with E-state index in [4.69, 9.17) is 10.5 Å². The average molecular weight is 204 g/mol. The highest BCUT2D eigenvalue weighted by molar-refractivity contribution is 7.80. The van der Waals surface area contributed by atoms with Crippen molar-refractivity contribution in [2.75, 3.05) is 13.7 Å². The molecule has 0 aromatic rings. The Kier molecular flexibility index (Phi) is 4.87. The first-order valence-electron chi connectivity index (χ1n) is 3.95. The molecular weight excluding hydrogens is 188 g/mol. The Balaban J connectivity index is 3.96. The lowest BCUT2D eigenvalue weighted by Gasteiger charge is -2.25. The minimum Gasteiger partial charge on any atom is -0.393 e. The van der Waals surface area contributed by atoms with Crippen molar-refractivity contribution in [2.45, 2.75) is 25.8 Å². The van der Waals surface area contributed by atoms with Crippen LogP contribution in [0.2, 0.25) is 0 Å². The van der Waals surface area contributed by atoms with Crippen LogP contribution in [0.1, 0.15) is 20.3 Å². The van der Waals surface area contributed by atoms with Crippen molar-refractivity contribution in [3.63, 3.8) is 0 Å². The number of thiocarbonyl (C=S) groups is 1. The molecule has 0 spiro atoms. The maximum atomic E-state index is 11.2. The summed E-state index contributed by atoms with van der Waals surface area (Å²) < 4.78 is 4.93. The number of ether oxygens (including phenoxy) is 1. The number of carbonyl (C=O) groups excluding carboxylic acids is 1. The van der Waals surface area contributed by atoms with Crippen LogP contribution in [0.25, 0.3) is 0 Å². The molecule has 0 aromatic heterocycles. The fourth-order valence-corrected chi connectivity index (χ4v) is 1.11. The van der Waals surface area contributed by atoms with Gasteiger partial charge in [-0.2, -0.15) is 0 Å². The molecule has 5 heteroatoms.